The summed E-state index contributed by atoms with van der Waals surface area (Å²) in [6.45, 7) is 7.21. The van der Waals surface area contributed by atoms with Crippen LogP contribution in [0.15, 0.2) is 18.2 Å². The highest BCUT2D eigenvalue weighted by molar-refractivity contribution is 5.79. The number of likely N-dealkylation sites (tertiary alicyclic amines) is 2. The zero-order valence-electron chi connectivity index (χ0n) is 16.4. The molecule has 0 unspecified atom stereocenters. The fourth-order valence-corrected chi connectivity index (χ4v) is 4.36. The highest BCUT2D eigenvalue weighted by Gasteiger charge is 2.32. The van der Waals surface area contributed by atoms with E-state index in [1.54, 1.807) is 14.2 Å². The SMILES string of the molecule is COc1ccc(C[NH+]2CCC(C(=O)N3CCC[C@@H](C)C3)CC2)c(OC)c1. The first-order valence-electron chi connectivity index (χ1n) is 9.94. The monoisotopic (exact) mass is 361 g/mol. The van der Waals surface area contributed by atoms with Gasteiger partial charge in [-0.3, -0.25) is 4.79 Å². The summed E-state index contributed by atoms with van der Waals surface area (Å²) in [7, 11) is 3.38. The van der Waals surface area contributed by atoms with Crippen molar-refractivity contribution in [1.29, 1.82) is 0 Å². The van der Waals surface area contributed by atoms with E-state index in [0.29, 0.717) is 11.8 Å². The lowest BCUT2D eigenvalue weighted by Crippen LogP contribution is -3.11. The Morgan fingerprint density at radius 2 is 1.96 bits per heavy atom. The standard InChI is InChI=1S/C21H32N2O3/c1-16-5-4-10-23(14-16)21(24)17-8-11-22(12-9-17)15-18-6-7-19(25-2)13-20(18)26-3/h6-7,13,16-17H,4-5,8-12,14-15H2,1-3H3/p+1/t16-/m1/s1. The van der Waals surface area contributed by atoms with Gasteiger partial charge in [0.25, 0.3) is 0 Å². The van der Waals surface area contributed by atoms with Crippen LogP contribution in [0, 0.1) is 11.8 Å². The summed E-state index contributed by atoms with van der Waals surface area (Å²) in [4.78, 5) is 16.5. The van der Waals surface area contributed by atoms with Gasteiger partial charge in [0.1, 0.15) is 18.0 Å². The number of methoxy groups -OCH3 is 2. The molecule has 2 aliphatic heterocycles. The molecule has 0 radical (unpaired) electrons. The Balaban J connectivity index is 1.53. The van der Waals surface area contributed by atoms with E-state index >= 15 is 0 Å². The number of rotatable bonds is 5. The number of hydrogen-bond acceptors (Lipinski definition) is 3. The number of nitrogens with one attached hydrogen (secondary N) is 1. The lowest BCUT2D eigenvalue weighted by atomic mass is 9.92. The van der Waals surface area contributed by atoms with Crippen molar-refractivity contribution >= 4 is 5.91 Å². The van der Waals surface area contributed by atoms with Gasteiger partial charge in [0, 0.05) is 43.5 Å². The van der Waals surface area contributed by atoms with Gasteiger partial charge in [-0.1, -0.05) is 6.92 Å². The molecule has 2 saturated heterocycles. The van der Waals surface area contributed by atoms with Crippen molar-refractivity contribution in [3.8, 4) is 11.5 Å². The fraction of sp³-hybridized carbons (Fsp3) is 0.667. The van der Waals surface area contributed by atoms with Crippen LogP contribution < -0.4 is 14.4 Å². The number of quaternary nitrogens is 1. The van der Waals surface area contributed by atoms with E-state index in [1.165, 1.54) is 16.9 Å². The first-order chi connectivity index (χ1) is 12.6. The molecule has 1 N–H and O–H groups in total. The van der Waals surface area contributed by atoms with Gasteiger partial charge in [-0.2, -0.15) is 0 Å². The lowest BCUT2D eigenvalue weighted by Gasteiger charge is -2.36. The Bertz CT molecular complexity index is 611. The van der Waals surface area contributed by atoms with E-state index in [0.717, 1.165) is 63.5 Å². The van der Waals surface area contributed by atoms with Gasteiger partial charge < -0.3 is 19.3 Å². The maximum atomic E-state index is 12.8. The molecular weight excluding hydrogens is 328 g/mol. The van der Waals surface area contributed by atoms with Crippen molar-refractivity contribution in [2.45, 2.75) is 39.2 Å². The Kier molecular flexibility index (Phi) is 6.41. The summed E-state index contributed by atoms with van der Waals surface area (Å²) in [6, 6.07) is 6.03. The quantitative estimate of drug-likeness (QED) is 0.869. The van der Waals surface area contributed by atoms with Gasteiger partial charge >= 0.3 is 0 Å². The maximum absolute atomic E-state index is 12.8. The fourth-order valence-electron chi connectivity index (χ4n) is 4.36. The first kappa shape index (κ1) is 19.0. The Morgan fingerprint density at radius 3 is 2.62 bits per heavy atom. The Morgan fingerprint density at radius 1 is 1.19 bits per heavy atom. The molecule has 3 rings (SSSR count). The molecule has 0 saturated carbocycles. The van der Waals surface area contributed by atoms with Crippen LogP contribution in [0.3, 0.4) is 0 Å². The molecule has 0 bridgehead atoms. The number of hydrogen-bond donors (Lipinski definition) is 1. The third kappa shape index (κ3) is 4.50. The molecule has 1 aromatic rings. The minimum absolute atomic E-state index is 0.224. The van der Waals surface area contributed by atoms with E-state index in [2.05, 4.69) is 17.9 Å². The van der Waals surface area contributed by atoms with Gasteiger partial charge in [0.15, 0.2) is 0 Å². The van der Waals surface area contributed by atoms with Crippen LogP contribution >= 0.6 is 0 Å². The number of ether oxygens (including phenoxy) is 2. The summed E-state index contributed by atoms with van der Waals surface area (Å²) in [6.07, 6.45) is 4.42. The third-order valence-corrected chi connectivity index (χ3v) is 5.95. The maximum Gasteiger partial charge on any atom is 0.226 e. The van der Waals surface area contributed by atoms with E-state index in [4.69, 9.17) is 9.47 Å². The molecule has 0 aliphatic carbocycles. The first-order valence-corrected chi connectivity index (χ1v) is 9.94. The topological polar surface area (TPSA) is 43.2 Å². The second-order valence-corrected chi connectivity index (χ2v) is 7.91. The molecule has 1 atom stereocenters. The van der Waals surface area contributed by atoms with Crippen LogP contribution in [0.1, 0.15) is 38.2 Å². The van der Waals surface area contributed by atoms with Crippen LogP contribution in [-0.4, -0.2) is 51.2 Å². The molecule has 26 heavy (non-hydrogen) atoms. The molecule has 0 spiro atoms. The van der Waals surface area contributed by atoms with Crippen LogP contribution in [0.4, 0.5) is 0 Å². The Hall–Kier alpha value is -1.75. The number of piperidine rings is 2. The predicted octanol–water partition coefficient (Wildman–Crippen LogP) is 1.76. The molecular formula is C21H33N2O3+. The van der Waals surface area contributed by atoms with Crippen molar-refractivity contribution in [2.75, 3.05) is 40.4 Å². The molecule has 144 valence electrons. The Labute approximate surface area is 157 Å². The van der Waals surface area contributed by atoms with Crippen LogP contribution in [0.25, 0.3) is 0 Å². The zero-order valence-corrected chi connectivity index (χ0v) is 16.4. The van der Waals surface area contributed by atoms with Crippen molar-refractivity contribution in [3.63, 3.8) is 0 Å². The van der Waals surface area contributed by atoms with Gasteiger partial charge in [0.2, 0.25) is 5.91 Å². The molecule has 5 nitrogen and oxygen atoms in total. The zero-order chi connectivity index (χ0) is 18.5. The number of benzene rings is 1. The summed E-state index contributed by atoms with van der Waals surface area (Å²) in [5.41, 5.74) is 1.21. The average Bonchev–Trinajstić information content (AvgIpc) is 2.68. The van der Waals surface area contributed by atoms with Crippen LogP contribution in [0.5, 0.6) is 11.5 Å². The summed E-state index contributed by atoms with van der Waals surface area (Å²) in [5, 5.41) is 0. The van der Waals surface area contributed by atoms with Gasteiger partial charge in [0.05, 0.1) is 27.3 Å². The third-order valence-electron chi connectivity index (χ3n) is 5.95. The van der Waals surface area contributed by atoms with Crippen molar-refractivity contribution in [2.24, 2.45) is 11.8 Å². The number of nitrogens with zero attached hydrogens (tertiary/aromatic N) is 1. The second kappa shape index (κ2) is 8.76. The van der Waals surface area contributed by atoms with Crippen LogP contribution in [-0.2, 0) is 11.3 Å². The van der Waals surface area contributed by atoms with Gasteiger partial charge in [-0.25, -0.2) is 0 Å². The highest BCUT2D eigenvalue weighted by Crippen LogP contribution is 2.24. The molecule has 1 amide bonds. The van der Waals surface area contributed by atoms with Crippen LogP contribution in [0.2, 0.25) is 0 Å². The molecule has 5 heteroatoms. The van der Waals surface area contributed by atoms with E-state index in [1.807, 2.05) is 12.1 Å². The molecule has 0 aromatic heterocycles. The van der Waals surface area contributed by atoms with Crippen molar-refractivity contribution < 1.29 is 19.2 Å². The number of carbonyl (C=O) groups excluding carboxylic acids is 1. The van der Waals surface area contributed by atoms with Gasteiger partial charge in [-0.15, -0.1) is 0 Å². The minimum atomic E-state index is 0.224. The number of amides is 1. The predicted molar refractivity (Wildman–Crippen MR) is 102 cm³/mol. The molecule has 1 aromatic carbocycles. The normalized spacial score (nSPS) is 26.4. The molecule has 2 fully saturated rings. The molecule has 2 aliphatic rings. The summed E-state index contributed by atoms with van der Waals surface area (Å²) >= 11 is 0. The average molecular weight is 362 g/mol. The second-order valence-electron chi connectivity index (χ2n) is 7.91. The summed E-state index contributed by atoms with van der Waals surface area (Å²) in [5.74, 6) is 2.98. The lowest BCUT2D eigenvalue weighted by molar-refractivity contribution is -0.919. The summed E-state index contributed by atoms with van der Waals surface area (Å²) < 4.78 is 10.8. The largest absolute Gasteiger partial charge is 0.497 e. The van der Waals surface area contributed by atoms with Crippen molar-refractivity contribution in [3.05, 3.63) is 23.8 Å². The van der Waals surface area contributed by atoms with Crippen molar-refractivity contribution in [1.82, 2.24) is 4.90 Å². The van der Waals surface area contributed by atoms with E-state index < -0.39 is 0 Å². The molecule has 2 heterocycles. The smallest absolute Gasteiger partial charge is 0.226 e. The van der Waals surface area contributed by atoms with E-state index in [-0.39, 0.29) is 5.92 Å². The number of carbonyl (C=O) groups is 1. The van der Waals surface area contributed by atoms with E-state index in [9.17, 15) is 4.79 Å². The highest BCUT2D eigenvalue weighted by atomic mass is 16.5. The van der Waals surface area contributed by atoms with Gasteiger partial charge in [-0.05, 0) is 30.9 Å². The minimum Gasteiger partial charge on any atom is -0.497 e.